The van der Waals surface area contributed by atoms with Gasteiger partial charge in [0.05, 0.1) is 19.7 Å². The molecule has 7 heteroatoms. The number of amides is 2. The van der Waals surface area contributed by atoms with Crippen LogP contribution in [-0.4, -0.2) is 42.1 Å². The zero-order valence-electron chi connectivity index (χ0n) is 11.3. The quantitative estimate of drug-likeness (QED) is 0.876. The summed E-state index contributed by atoms with van der Waals surface area (Å²) in [5.74, 6) is 0.552. The van der Waals surface area contributed by atoms with Gasteiger partial charge in [-0.2, -0.15) is 0 Å². The molecule has 0 saturated carbocycles. The monoisotopic (exact) mass is 279 g/mol. The third-order valence-corrected chi connectivity index (χ3v) is 3.11. The summed E-state index contributed by atoms with van der Waals surface area (Å²) >= 11 is 0. The summed E-state index contributed by atoms with van der Waals surface area (Å²) < 4.78 is 9.87. The maximum atomic E-state index is 12.1. The van der Waals surface area contributed by atoms with Crippen LogP contribution in [0, 0.1) is 0 Å². The van der Waals surface area contributed by atoms with Crippen molar-refractivity contribution in [2.24, 2.45) is 5.73 Å². The number of likely N-dealkylation sites (tertiary alicyclic amines) is 1. The first-order valence-corrected chi connectivity index (χ1v) is 6.38. The third kappa shape index (κ3) is 3.37. The largest absolute Gasteiger partial charge is 0.481 e. The molecule has 1 fully saturated rings. The molecule has 0 atom stereocenters. The van der Waals surface area contributed by atoms with Gasteiger partial charge in [0.15, 0.2) is 5.75 Å². The first-order valence-electron chi connectivity index (χ1n) is 6.38. The molecule has 0 radical (unpaired) electrons. The van der Waals surface area contributed by atoms with Gasteiger partial charge in [-0.05, 0) is 18.9 Å². The maximum absolute atomic E-state index is 12.1. The Morgan fingerprint density at radius 2 is 2.10 bits per heavy atom. The first-order chi connectivity index (χ1) is 9.60. The molecule has 108 valence electrons. The standard InChI is InChI=1S/C13H17N3O4/c1-19-12-9(6-10(8-15-12)20-13(14)18)7-11(17)16-4-2-3-5-16/h6,8H,2-5,7H2,1H3,(H2,14,18). The Balaban J connectivity index is 2.14. The highest BCUT2D eigenvalue weighted by Gasteiger charge is 2.20. The van der Waals surface area contributed by atoms with E-state index >= 15 is 0 Å². The molecule has 0 aromatic carbocycles. The number of methoxy groups -OCH3 is 1. The maximum Gasteiger partial charge on any atom is 0.410 e. The predicted molar refractivity (Wildman–Crippen MR) is 70.5 cm³/mol. The minimum Gasteiger partial charge on any atom is -0.481 e. The van der Waals surface area contributed by atoms with Crippen molar-refractivity contribution in [1.82, 2.24) is 9.88 Å². The fourth-order valence-corrected chi connectivity index (χ4v) is 2.20. The predicted octanol–water partition coefficient (Wildman–Crippen LogP) is 0.713. The number of nitrogens with two attached hydrogens (primary N) is 1. The van der Waals surface area contributed by atoms with Gasteiger partial charge in [0, 0.05) is 18.7 Å². The van der Waals surface area contributed by atoms with Gasteiger partial charge in [0.25, 0.3) is 0 Å². The number of hydrogen-bond donors (Lipinski definition) is 1. The molecule has 0 aliphatic carbocycles. The summed E-state index contributed by atoms with van der Waals surface area (Å²) in [6, 6.07) is 1.55. The summed E-state index contributed by atoms with van der Waals surface area (Å²) in [5, 5.41) is 0. The zero-order chi connectivity index (χ0) is 14.5. The van der Waals surface area contributed by atoms with Crippen LogP contribution in [-0.2, 0) is 11.2 Å². The van der Waals surface area contributed by atoms with E-state index in [-0.39, 0.29) is 18.1 Å². The minimum absolute atomic E-state index is 0.0128. The van der Waals surface area contributed by atoms with Crippen LogP contribution in [0.25, 0.3) is 0 Å². The van der Waals surface area contributed by atoms with Crippen molar-refractivity contribution in [3.8, 4) is 11.6 Å². The van der Waals surface area contributed by atoms with Crippen molar-refractivity contribution in [3.63, 3.8) is 0 Å². The first kappa shape index (κ1) is 14.1. The van der Waals surface area contributed by atoms with Crippen molar-refractivity contribution in [2.45, 2.75) is 19.3 Å². The molecule has 0 bridgehead atoms. The second-order valence-corrected chi connectivity index (χ2v) is 4.53. The average molecular weight is 279 g/mol. The van der Waals surface area contributed by atoms with Gasteiger partial charge in [-0.1, -0.05) is 0 Å². The number of pyridine rings is 1. The Morgan fingerprint density at radius 1 is 1.40 bits per heavy atom. The van der Waals surface area contributed by atoms with Crippen LogP contribution >= 0.6 is 0 Å². The third-order valence-electron chi connectivity index (χ3n) is 3.11. The van der Waals surface area contributed by atoms with E-state index in [9.17, 15) is 9.59 Å². The number of aromatic nitrogens is 1. The molecule has 2 rings (SSSR count). The normalized spacial score (nSPS) is 14.2. The molecule has 1 aliphatic rings. The highest BCUT2D eigenvalue weighted by molar-refractivity contribution is 5.79. The van der Waals surface area contributed by atoms with Gasteiger partial charge in [0.1, 0.15) is 0 Å². The Morgan fingerprint density at radius 3 is 2.70 bits per heavy atom. The van der Waals surface area contributed by atoms with Gasteiger partial charge in [0.2, 0.25) is 11.8 Å². The van der Waals surface area contributed by atoms with Crippen molar-refractivity contribution < 1.29 is 19.1 Å². The van der Waals surface area contributed by atoms with E-state index in [0.29, 0.717) is 11.4 Å². The van der Waals surface area contributed by atoms with E-state index < -0.39 is 6.09 Å². The molecule has 2 N–H and O–H groups in total. The number of rotatable bonds is 4. The summed E-state index contributed by atoms with van der Waals surface area (Å²) in [6.07, 6.45) is 2.63. The van der Waals surface area contributed by atoms with E-state index in [0.717, 1.165) is 25.9 Å². The molecule has 1 saturated heterocycles. The summed E-state index contributed by atoms with van der Waals surface area (Å²) in [4.78, 5) is 28.7. The summed E-state index contributed by atoms with van der Waals surface area (Å²) in [6.45, 7) is 1.57. The van der Waals surface area contributed by atoms with Gasteiger partial charge in [-0.25, -0.2) is 9.78 Å². The van der Waals surface area contributed by atoms with E-state index in [1.807, 2.05) is 0 Å². The molecule has 20 heavy (non-hydrogen) atoms. The fourth-order valence-electron chi connectivity index (χ4n) is 2.20. The lowest BCUT2D eigenvalue weighted by Gasteiger charge is -2.16. The van der Waals surface area contributed by atoms with E-state index in [1.165, 1.54) is 13.3 Å². The lowest BCUT2D eigenvalue weighted by molar-refractivity contribution is -0.129. The molecular formula is C13H17N3O4. The Hall–Kier alpha value is -2.31. The molecule has 0 spiro atoms. The second-order valence-electron chi connectivity index (χ2n) is 4.53. The van der Waals surface area contributed by atoms with E-state index in [2.05, 4.69) is 4.98 Å². The lowest BCUT2D eigenvalue weighted by atomic mass is 10.1. The van der Waals surface area contributed by atoms with Crippen molar-refractivity contribution in [3.05, 3.63) is 17.8 Å². The molecular weight excluding hydrogens is 262 g/mol. The molecule has 1 aromatic heterocycles. The van der Waals surface area contributed by atoms with Gasteiger partial charge in [-0.3, -0.25) is 4.79 Å². The van der Waals surface area contributed by atoms with Crippen molar-refractivity contribution in [1.29, 1.82) is 0 Å². The highest BCUT2D eigenvalue weighted by atomic mass is 16.5. The Labute approximate surface area is 116 Å². The van der Waals surface area contributed by atoms with Crippen molar-refractivity contribution in [2.75, 3.05) is 20.2 Å². The number of carbonyl (C=O) groups excluding carboxylic acids is 2. The molecule has 2 amide bonds. The minimum atomic E-state index is -0.922. The summed E-state index contributed by atoms with van der Waals surface area (Å²) in [7, 11) is 1.47. The number of primary amides is 1. The molecule has 2 heterocycles. The molecule has 0 unspecified atom stereocenters. The Bertz CT molecular complexity index is 512. The van der Waals surface area contributed by atoms with Crippen LogP contribution in [0.1, 0.15) is 18.4 Å². The zero-order valence-corrected chi connectivity index (χ0v) is 11.3. The smallest absolute Gasteiger partial charge is 0.410 e. The number of nitrogens with zero attached hydrogens (tertiary/aromatic N) is 2. The topological polar surface area (TPSA) is 94.7 Å². The Kier molecular flexibility index (Phi) is 4.39. The number of hydrogen-bond acceptors (Lipinski definition) is 5. The lowest BCUT2D eigenvalue weighted by Crippen LogP contribution is -2.29. The van der Waals surface area contributed by atoms with Crippen molar-refractivity contribution >= 4 is 12.0 Å². The average Bonchev–Trinajstić information content (AvgIpc) is 2.92. The molecule has 1 aliphatic heterocycles. The van der Waals surface area contributed by atoms with Gasteiger partial charge >= 0.3 is 6.09 Å². The van der Waals surface area contributed by atoms with Crippen LogP contribution in [0.15, 0.2) is 12.3 Å². The van der Waals surface area contributed by atoms with E-state index in [4.69, 9.17) is 15.2 Å². The van der Waals surface area contributed by atoms with Crippen LogP contribution in [0.2, 0.25) is 0 Å². The molecule has 7 nitrogen and oxygen atoms in total. The molecule has 1 aromatic rings. The van der Waals surface area contributed by atoms with Crippen LogP contribution in [0.4, 0.5) is 4.79 Å². The van der Waals surface area contributed by atoms with Crippen LogP contribution in [0.3, 0.4) is 0 Å². The SMILES string of the molecule is COc1ncc(OC(N)=O)cc1CC(=O)N1CCCC1. The highest BCUT2D eigenvalue weighted by Crippen LogP contribution is 2.22. The summed E-state index contributed by atoms with van der Waals surface area (Å²) in [5.41, 5.74) is 5.52. The van der Waals surface area contributed by atoms with Crippen LogP contribution in [0.5, 0.6) is 11.6 Å². The number of ether oxygens (including phenoxy) is 2. The number of carbonyl (C=O) groups is 2. The van der Waals surface area contributed by atoms with E-state index in [1.54, 1.807) is 11.0 Å². The van der Waals surface area contributed by atoms with Crippen LogP contribution < -0.4 is 15.2 Å². The van der Waals surface area contributed by atoms with Gasteiger partial charge < -0.3 is 20.1 Å². The van der Waals surface area contributed by atoms with Gasteiger partial charge in [-0.15, -0.1) is 0 Å². The fraction of sp³-hybridized carbons (Fsp3) is 0.462. The second kappa shape index (κ2) is 6.23.